The highest BCUT2D eigenvalue weighted by Gasteiger charge is 2.15. The van der Waals surface area contributed by atoms with Crippen LogP contribution in [0.1, 0.15) is 26.1 Å². The molecule has 1 N–H and O–H groups in total. The number of hydrogen-bond donors (Lipinski definition) is 1. The van der Waals surface area contributed by atoms with Crippen molar-refractivity contribution in [1.29, 1.82) is 0 Å². The molecule has 146 valence electrons. The van der Waals surface area contributed by atoms with Crippen molar-refractivity contribution in [3.63, 3.8) is 0 Å². The number of amides is 1. The lowest BCUT2D eigenvalue weighted by Crippen LogP contribution is -2.22. The molecule has 0 aliphatic heterocycles. The summed E-state index contributed by atoms with van der Waals surface area (Å²) >= 11 is 7.50. The Morgan fingerprint density at radius 1 is 1.17 bits per heavy atom. The number of rotatable bonds is 6. The third-order valence-corrected chi connectivity index (χ3v) is 5.49. The van der Waals surface area contributed by atoms with Gasteiger partial charge in [0, 0.05) is 18.0 Å². The molecule has 0 unspecified atom stereocenters. The highest BCUT2D eigenvalue weighted by Crippen LogP contribution is 2.31. The van der Waals surface area contributed by atoms with Gasteiger partial charge in [-0.05, 0) is 17.7 Å². The van der Waals surface area contributed by atoms with Crippen LogP contribution >= 0.6 is 22.9 Å². The van der Waals surface area contributed by atoms with Gasteiger partial charge < -0.3 is 14.5 Å². The van der Waals surface area contributed by atoms with Crippen LogP contribution in [0.25, 0.3) is 22.1 Å². The van der Waals surface area contributed by atoms with E-state index in [4.69, 9.17) is 20.8 Å². The molecule has 2 heterocycles. The maximum Gasteiger partial charge on any atom is 0.282 e. The van der Waals surface area contributed by atoms with E-state index < -0.39 is 0 Å². The van der Waals surface area contributed by atoms with Crippen molar-refractivity contribution in [2.45, 2.75) is 6.54 Å². The Labute approximate surface area is 175 Å². The van der Waals surface area contributed by atoms with E-state index in [1.165, 1.54) is 0 Å². The lowest BCUT2D eigenvalue weighted by Gasteiger charge is -2.01. The van der Waals surface area contributed by atoms with Gasteiger partial charge in [-0.25, -0.2) is 0 Å². The number of benzene rings is 2. The molecule has 0 aliphatic rings. The molecule has 0 saturated carbocycles. The van der Waals surface area contributed by atoms with Crippen LogP contribution in [0.2, 0.25) is 0 Å². The molecule has 29 heavy (non-hydrogen) atoms. The summed E-state index contributed by atoms with van der Waals surface area (Å²) in [5.41, 5.74) is 1.65. The van der Waals surface area contributed by atoms with E-state index in [2.05, 4.69) is 15.5 Å². The molecule has 2 aromatic heterocycles. The van der Waals surface area contributed by atoms with Gasteiger partial charge in [-0.15, -0.1) is 10.2 Å². The monoisotopic (exact) mass is 425 g/mol. The van der Waals surface area contributed by atoms with E-state index in [-0.39, 0.29) is 10.9 Å². The minimum Gasteiger partial charge on any atom is -0.493 e. The zero-order valence-electron chi connectivity index (χ0n) is 15.4. The Kier molecular flexibility index (Phi) is 5.59. The number of halogens is 1. The van der Waals surface area contributed by atoms with Crippen LogP contribution in [0, 0.1) is 0 Å². The molecular formula is C21H16ClN3O3S. The second kappa shape index (κ2) is 8.46. The summed E-state index contributed by atoms with van der Waals surface area (Å²) in [5, 5.41) is 12.7. The van der Waals surface area contributed by atoms with Gasteiger partial charge in [-0.3, -0.25) is 4.79 Å². The number of methoxy groups -OCH3 is 1. The molecule has 0 bridgehead atoms. The van der Waals surface area contributed by atoms with Crippen LogP contribution in [0.15, 0.2) is 59.0 Å². The highest BCUT2D eigenvalue weighted by molar-refractivity contribution is 7.15. The summed E-state index contributed by atoms with van der Waals surface area (Å²) in [5.74, 6) is 0.905. The van der Waals surface area contributed by atoms with Gasteiger partial charge in [0.05, 0.1) is 12.1 Å². The SMILES string of the molecule is COc1cccc2cc(/C=C(\Cl)c3nnc(C(=O)NCc4ccccc4)s3)oc12. The zero-order valence-corrected chi connectivity index (χ0v) is 17.0. The lowest BCUT2D eigenvalue weighted by molar-refractivity contribution is 0.0950. The molecule has 0 radical (unpaired) electrons. The number of para-hydroxylation sites is 1. The number of aromatic nitrogens is 2. The lowest BCUT2D eigenvalue weighted by atomic mass is 10.2. The summed E-state index contributed by atoms with van der Waals surface area (Å²) in [7, 11) is 1.59. The fourth-order valence-corrected chi connectivity index (χ4v) is 3.67. The summed E-state index contributed by atoms with van der Waals surface area (Å²) in [6.07, 6.45) is 1.65. The van der Waals surface area contributed by atoms with E-state index >= 15 is 0 Å². The molecule has 0 atom stereocenters. The molecule has 0 spiro atoms. The van der Waals surface area contributed by atoms with E-state index in [1.54, 1.807) is 13.2 Å². The Balaban J connectivity index is 1.49. The maximum atomic E-state index is 12.3. The number of nitrogens with one attached hydrogen (secondary N) is 1. The normalized spacial score (nSPS) is 11.6. The van der Waals surface area contributed by atoms with Gasteiger partial charge >= 0.3 is 0 Å². The van der Waals surface area contributed by atoms with Gasteiger partial charge in [0.15, 0.2) is 16.3 Å². The number of nitrogens with zero attached hydrogens (tertiary/aromatic N) is 2. The molecule has 0 fully saturated rings. The van der Waals surface area contributed by atoms with E-state index in [0.717, 1.165) is 22.3 Å². The first-order valence-corrected chi connectivity index (χ1v) is 9.93. The van der Waals surface area contributed by atoms with Gasteiger partial charge in [0.1, 0.15) is 5.76 Å². The number of furan rings is 1. The average Bonchev–Trinajstić information content (AvgIpc) is 3.39. The van der Waals surface area contributed by atoms with Crippen LogP contribution in [-0.4, -0.2) is 23.2 Å². The number of carbonyl (C=O) groups is 1. The van der Waals surface area contributed by atoms with E-state index in [9.17, 15) is 4.79 Å². The van der Waals surface area contributed by atoms with Gasteiger partial charge in [-0.1, -0.05) is 65.4 Å². The van der Waals surface area contributed by atoms with Crippen molar-refractivity contribution in [3.8, 4) is 5.75 Å². The van der Waals surface area contributed by atoms with Crippen LogP contribution in [-0.2, 0) is 6.54 Å². The second-order valence-corrected chi connectivity index (χ2v) is 7.49. The van der Waals surface area contributed by atoms with Crippen molar-refractivity contribution in [2.75, 3.05) is 7.11 Å². The van der Waals surface area contributed by atoms with Crippen LogP contribution in [0.4, 0.5) is 0 Å². The van der Waals surface area contributed by atoms with Gasteiger partial charge in [0.25, 0.3) is 5.91 Å². The number of ether oxygens (including phenoxy) is 1. The molecular weight excluding hydrogens is 410 g/mol. The summed E-state index contributed by atoms with van der Waals surface area (Å²) in [6.45, 7) is 0.416. The second-order valence-electron chi connectivity index (χ2n) is 6.10. The van der Waals surface area contributed by atoms with Crippen molar-refractivity contribution in [2.24, 2.45) is 0 Å². The molecule has 0 saturated heterocycles. The first-order chi connectivity index (χ1) is 14.1. The summed E-state index contributed by atoms with van der Waals surface area (Å²) in [6, 6.07) is 17.1. The van der Waals surface area contributed by atoms with Crippen LogP contribution in [0.5, 0.6) is 5.75 Å². The standard InChI is InChI=1S/C21H16ClN3O3S/c1-27-17-9-5-8-14-10-15(28-18(14)17)11-16(22)20-24-25-21(29-20)19(26)23-12-13-6-3-2-4-7-13/h2-11H,12H2,1H3,(H,23,26)/b16-11-. The predicted octanol–water partition coefficient (Wildman–Crippen LogP) is 4.96. The van der Waals surface area contributed by atoms with Crippen LogP contribution < -0.4 is 10.1 Å². The Morgan fingerprint density at radius 2 is 1.97 bits per heavy atom. The Bertz CT molecular complexity index is 1180. The Morgan fingerprint density at radius 3 is 2.76 bits per heavy atom. The molecule has 6 nitrogen and oxygen atoms in total. The number of hydrogen-bond acceptors (Lipinski definition) is 6. The van der Waals surface area contributed by atoms with Crippen LogP contribution in [0.3, 0.4) is 0 Å². The molecule has 2 aromatic carbocycles. The minimum atomic E-state index is -0.296. The molecule has 1 amide bonds. The molecule has 4 rings (SSSR count). The number of carbonyl (C=O) groups excluding carboxylic acids is 1. The average molecular weight is 426 g/mol. The zero-order chi connectivity index (χ0) is 20.2. The predicted molar refractivity (Wildman–Crippen MR) is 114 cm³/mol. The highest BCUT2D eigenvalue weighted by atomic mass is 35.5. The van der Waals surface area contributed by atoms with Crippen molar-refractivity contribution < 1.29 is 13.9 Å². The fourth-order valence-electron chi connectivity index (χ4n) is 2.74. The minimum absolute atomic E-state index is 0.244. The molecule has 4 aromatic rings. The van der Waals surface area contributed by atoms with Gasteiger partial charge in [0.2, 0.25) is 5.01 Å². The topological polar surface area (TPSA) is 77.2 Å². The Hall–Kier alpha value is -3.16. The van der Waals surface area contributed by atoms with E-state index in [0.29, 0.717) is 33.7 Å². The molecule has 0 aliphatic carbocycles. The third kappa shape index (κ3) is 4.31. The first-order valence-electron chi connectivity index (χ1n) is 8.74. The number of fused-ring (bicyclic) bond motifs is 1. The quantitative estimate of drug-likeness (QED) is 0.472. The largest absolute Gasteiger partial charge is 0.493 e. The van der Waals surface area contributed by atoms with Gasteiger partial charge in [-0.2, -0.15) is 0 Å². The maximum absolute atomic E-state index is 12.3. The van der Waals surface area contributed by atoms with E-state index in [1.807, 2.05) is 54.6 Å². The van der Waals surface area contributed by atoms with Crippen molar-refractivity contribution in [1.82, 2.24) is 15.5 Å². The van der Waals surface area contributed by atoms with Crippen molar-refractivity contribution in [3.05, 3.63) is 75.9 Å². The summed E-state index contributed by atoms with van der Waals surface area (Å²) < 4.78 is 11.1. The molecule has 8 heteroatoms. The first kappa shape index (κ1) is 19.2. The smallest absolute Gasteiger partial charge is 0.282 e. The third-order valence-electron chi connectivity index (χ3n) is 4.14. The van der Waals surface area contributed by atoms with Crippen molar-refractivity contribution >= 4 is 50.9 Å². The summed E-state index contributed by atoms with van der Waals surface area (Å²) in [4.78, 5) is 12.3. The fraction of sp³-hybridized carbons (Fsp3) is 0.0952.